The molecule has 0 bridgehead atoms. The molecule has 7 nitrogen and oxygen atoms in total. The molecule has 1 amide bonds. The van der Waals surface area contributed by atoms with Crippen molar-refractivity contribution >= 4 is 11.9 Å². The Morgan fingerprint density at radius 1 is 1.50 bits per heavy atom. The minimum atomic E-state index is -0.917. The highest BCUT2D eigenvalue weighted by Crippen LogP contribution is 2.39. The van der Waals surface area contributed by atoms with Crippen LogP contribution in [0.25, 0.3) is 0 Å². The van der Waals surface area contributed by atoms with Crippen LogP contribution in [0.2, 0.25) is 0 Å². The summed E-state index contributed by atoms with van der Waals surface area (Å²) < 4.78 is 5.36. The Kier molecular flexibility index (Phi) is 3.43. The van der Waals surface area contributed by atoms with E-state index in [2.05, 4.69) is 10.2 Å². The smallest absolute Gasteiger partial charge is 0.306 e. The molecule has 7 heteroatoms. The number of amides is 1. The maximum atomic E-state index is 12.3. The molecule has 20 heavy (non-hydrogen) atoms. The largest absolute Gasteiger partial charge is 0.481 e. The fraction of sp³-hybridized carbons (Fsp3) is 0.615. The average Bonchev–Trinajstić information content (AvgIpc) is 3.15. The molecule has 2 N–H and O–H groups in total. The predicted molar refractivity (Wildman–Crippen MR) is 68.5 cm³/mol. The van der Waals surface area contributed by atoms with Gasteiger partial charge in [-0.2, -0.15) is 5.10 Å². The van der Waals surface area contributed by atoms with E-state index >= 15 is 0 Å². The number of carbonyl (C=O) groups excluding carboxylic acids is 1. The van der Waals surface area contributed by atoms with Gasteiger partial charge in [-0.3, -0.25) is 14.7 Å². The predicted octanol–water partition coefficient (Wildman–Crippen LogP) is 0.603. The van der Waals surface area contributed by atoms with Crippen LogP contribution in [0.15, 0.2) is 6.07 Å². The number of carboxylic acid groups (broad SMARTS) is 1. The van der Waals surface area contributed by atoms with Crippen LogP contribution in [0.4, 0.5) is 0 Å². The Bertz CT molecular complexity index is 523. The Morgan fingerprint density at radius 3 is 3.00 bits per heavy atom. The van der Waals surface area contributed by atoms with Gasteiger partial charge in [-0.25, -0.2) is 0 Å². The quantitative estimate of drug-likeness (QED) is 0.841. The Labute approximate surface area is 115 Å². The van der Waals surface area contributed by atoms with E-state index in [1.807, 2.05) is 6.07 Å². The van der Waals surface area contributed by atoms with E-state index in [-0.39, 0.29) is 12.3 Å². The van der Waals surface area contributed by atoms with E-state index in [4.69, 9.17) is 9.84 Å². The van der Waals surface area contributed by atoms with Crippen molar-refractivity contribution in [3.05, 3.63) is 17.5 Å². The second kappa shape index (κ2) is 5.24. The minimum Gasteiger partial charge on any atom is -0.481 e. The molecule has 2 heterocycles. The first kappa shape index (κ1) is 13.1. The number of carbonyl (C=O) groups is 2. The first-order valence-corrected chi connectivity index (χ1v) is 6.81. The zero-order chi connectivity index (χ0) is 14.1. The number of aromatic nitrogens is 2. The van der Waals surface area contributed by atoms with Gasteiger partial charge in [0, 0.05) is 24.7 Å². The number of rotatable bonds is 4. The highest BCUT2D eigenvalue weighted by atomic mass is 16.5. The van der Waals surface area contributed by atoms with Gasteiger partial charge >= 0.3 is 5.97 Å². The van der Waals surface area contributed by atoms with Gasteiger partial charge < -0.3 is 14.7 Å². The molecule has 0 spiro atoms. The van der Waals surface area contributed by atoms with Crippen molar-refractivity contribution in [1.82, 2.24) is 15.1 Å². The highest BCUT2D eigenvalue weighted by Gasteiger charge is 2.30. The van der Waals surface area contributed by atoms with Crippen molar-refractivity contribution in [3.63, 3.8) is 0 Å². The second-order valence-electron chi connectivity index (χ2n) is 5.32. The topological polar surface area (TPSA) is 95.5 Å². The summed E-state index contributed by atoms with van der Waals surface area (Å²) >= 11 is 0. The summed E-state index contributed by atoms with van der Waals surface area (Å²) in [6.07, 6.45) is 1.77. The summed E-state index contributed by atoms with van der Waals surface area (Å²) in [4.78, 5) is 24.6. The number of aromatic amines is 1. The van der Waals surface area contributed by atoms with Crippen molar-refractivity contribution < 1.29 is 19.4 Å². The monoisotopic (exact) mass is 279 g/mol. The summed E-state index contributed by atoms with van der Waals surface area (Å²) in [5, 5.41) is 15.8. The number of H-pyrrole nitrogens is 1. The summed E-state index contributed by atoms with van der Waals surface area (Å²) in [6.45, 7) is 1.14. The van der Waals surface area contributed by atoms with Crippen LogP contribution >= 0.6 is 0 Å². The Hall–Kier alpha value is -1.89. The molecule has 108 valence electrons. The molecule has 1 saturated heterocycles. The van der Waals surface area contributed by atoms with Crippen LogP contribution in [0.3, 0.4) is 0 Å². The second-order valence-corrected chi connectivity index (χ2v) is 5.32. The first-order valence-electron chi connectivity index (χ1n) is 6.81. The number of morpholine rings is 1. The van der Waals surface area contributed by atoms with Gasteiger partial charge in [-0.15, -0.1) is 0 Å². The maximum Gasteiger partial charge on any atom is 0.306 e. The van der Waals surface area contributed by atoms with Gasteiger partial charge in [0.05, 0.1) is 19.1 Å². The van der Waals surface area contributed by atoms with Crippen LogP contribution in [-0.4, -0.2) is 57.9 Å². The molecule has 1 aliphatic carbocycles. The van der Waals surface area contributed by atoms with E-state index in [1.165, 1.54) is 0 Å². The third-order valence-corrected chi connectivity index (χ3v) is 3.66. The summed E-state index contributed by atoms with van der Waals surface area (Å²) in [6, 6.07) is 1.81. The third-order valence-electron chi connectivity index (χ3n) is 3.66. The molecule has 1 aromatic heterocycles. The molecule has 1 aliphatic heterocycles. The minimum absolute atomic E-state index is 0.0856. The van der Waals surface area contributed by atoms with E-state index < -0.39 is 12.1 Å². The molecule has 1 unspecified atom stereocenters. The molecule has 0 aromatic carbocycles. The van der Waals surface area contributed by atoms with Crippen molar-refractivity contribution in [3.8, 4) is 0 Å². The Morgan fingerprint density at radius 2 is 2.30 bits per heavy atom. The molecular formula is C13H17N3O4. The van der Waals surface area contributed by atoms with Crippen LogP contribution in [0.5, 0.6) is 0 Å². The number of carboxylic acids is 1. The van der Waals surface area contributed by atoms with Crippen molar-refractivity contribution in [2.24, 2.45) is 0 Å². The van der Waals surface area contributed by atoms with Gasteiger partial charge in [0.2, 0.25) is 0 Å². The Balaban J connectivity index is 1.64. The SMILES string of the molecule is O=C(O)CC1CN(C(=O)c2cc(C3CC3)[nH]n2)CCO1. The van der Waals surface area contributed by atoms with Crippen molar-refractivity contribution in [1.29, 1.82) is 0 Å². The van der Waals surface area contributed by atoms with E-state index in [9.17, 15) is 9.59 Å². The zero-order valence-electron chi connectivity index (χ0n) is 11.0. The lowest BCUT2D eigenvalue weighted by molar-refractivity contribution is -0.141. The molecule has 1 atom stereocenters. The summed E-state index contributed by atoms with van der Waals surface area (Å²) in [7, 11) is 0. The molecule has 1 saturated carbocycles. The van der Waals surface area contributed by atoms with Gasteiger partial charge in [-0.05, 0) is 18.9 Å². The standard InChI is InChI=1S/C13H17N3O4/c17-12(18)5-9-7-16(3-4-20-9)13(19)11-6-10(14-15-11)8-1-2-8/h6,8-9H,1-5,7H2,(H,14,15)(H,17,18). The number of nitrogens with zero attached hydrogens (tertiary/aromatic N) is 2. The van der Waals surface area contributed by atoms with Gasteiger partial charge in [0.1, 0.15) is 5.69 Å². The fourth-order valence-electron chi connectivity index (χ4n) is 2.43. The highest BCUT2D eigenvalue weighted by molar-refractivity contribution is 5.92. The molecular weight excluding hydrogens is 262 g/mol. The van der Waals surface area contributed by atoms with E-state index in [0.717, 1.165) is 18.5 Å². The first-order chi connectivity index (χ1) is 9.63. The number of aliphatic carboxylic acids is 1. The summed E-state index contributed by atoms with van der Waals surface area (Å²) in [5.74, 6) is -0.555. The van der Waals surface area contributed by atoms with E-state index in [0.29, 0.717) is 31.3 Å². The molecule has 2 fully saturated rings. The molecule has 3 rings (SSSR count). The van der Waals surface area contributed by atoms with E-state index in [1.54, 1.807) is 4.90 Å². The van der Waals surface area contributed by atoms with Gasteiger partial charge in [-0.1, -0.05) is 0 Å². The van der Waals surface area contributed by atoms with Crippen LogP contribution in [-0.2, 0) is 9.53 Å². The number of hydrogen-bond donors (Lipinski definition) is 2. The lowest BCUT2D eigenvalue weighted by Crippen LogP contribution is -2.46. The van der Waals surface area contributed by atoms with Gasteiger partial charge in [0.15, 0.2) is 0 Å². The third kappa shape index (κ3) is 2.82. The normalized spacial score (nSPS) is 22.8. The molecule has 1 aromatic rings. The van der Waals surface area contributed by atoms with Gasteiger partial charge in [0.25, 0.3) is 5.91 Å². The van der Waals surface area contributed by atoms with Crippen LogP contribution in [0, 0.1) is 0 Å². The van der Waals surface area contributed by atoms with Crippen molar-refractivity contribution in [2.45, 2.75) is 31.3 Å². The lowest BCUT2D eigenvalue weighted by atomic mass is 10.2. The summed E-state index contributed by atoms with van der Waals surface area (Å²) in [5.41, 5.74) is 1.42. The fourth-order valence-corrected chi connectivity index (χ4v) is 2.43. The maximum absolute atomic E-state index is 12.3. The number of hydrogen-bond acceptors (Lipinski definition) is 4. The number of nitrogens with one attached hydrogen (secondary N) is 1. The van der Waals surface area contributed by atoms with Crippen molar-refractivity contribution in [2.75, 3.05) is 19.7 Å². The van der Waals surface area contributed by atoms with Crippen LogP contribution in [0.1, 0.15) is 41.4 Å². The average molecular weight is 279 g/mol. The number of ether oxygens (including phenoxy) is 1. The zero-order valence-corrected chi connectivity index (χ0v) is 11.0. The molecule has 2 aliphatic rings. The molecule has 0 radical (unpaired) electrons. The lowest BCUT2D eigenvalue weighted by Gasteiger charge is -2.31. The van der Waals surface area contributed by atoms with Crippen LogP contribution < -0.4 is 0 Å².